The van der Waals surface area contributed by atoms with Crippen LogP contribution in [0.2, 0.25) is 0 Å². The molecule has 3 rings (SSSR count). The largest absolute Gasteiger partial charge is 0.451 e. The van der Waals surface area contributed by atoms with E-state index in [2.05, 4.69) is 15.4 Å². The van der Waals surface area contributed by atoms with E-state index in [9.17, 15) is 14.4 Å². The number of benzene rings is 1. The van der Waals surface area contributed by atoms with Crippen molar-refractivity contribution in [3.8, 4) is 5.82 Å². The summed E-state index contributed by atoms with van der Waals surface area (Å²) in [7, 11) is 0. The third-order valence-electron chi connectivity index (χ3n) is 4.82. The third kappa shape index (κ3) is 5.26. The van der Waals surface area contributed by atoms with E-state index in [-0.39, 0.29) is 23.2 Å². The summed E-state index contributed by atoms with van der Waals surface area (Å²) in [5.41, 5.74) is 3.01. The van der Waals surface area contributed by atoms with Gasteiger partial charge in [-0.15, -0.1) is 0 Å². The fraction of sp³-hybridized carbons (Fsp3) is 0.292. The molecule has 8 nitrogen and oxygen atoms in total. The summed E-state index contributed by atoms with van der Waals surface area (Å²) in [6, 6.07) is 11.7. The number of amides is 1. The first-order chi connectivity index (χ1) is 15.2. The van der Waals surface area contributed by atoms with Gasteiger partial charge in [0.2, 0.25) is 11.7 Å². The maximum absolute atomic E-state index is 12.6. The maximum Gasteiger partial charge on any atom is 0.340 e. The van der Waals surface area contributed by atoms with E-state index in [1.54, 1.807) is 54.9 Å². The fourth-order valence-corrected chi connectivity index (χ4v) is 3.01. The number of ketones is 1. The second kappa shape index (κ2) is 9.55. The second-order valence-electron chi connectivity index (χ2n) is 7.88. The van der Waals surface area contributed by atoms with Crippen LogP contribution in [0.1, 0.15) is 52.9 Å². The quantitative estimate of drug-likeness (QED) is 0.447. The number of esters is 1. The summed E-state index contributed by atoms with van der Waals surface area (Å²) in [5, 5.41) is 7.12. The summed E-state index contributed by atoms with van der Waals surface area (Å²) in [6.07, 6.45) is 0.423. The second-order valence-corrected chi connectivity index (χ2v) is 7.88. The number of aromatic nitrogens is 3. The van der Waals surface area contributed by atoms with E-state index >= 15 is 0 Å². The number of Topliss-reactive ketones (excluding diaryl/α,β-unsaturated/α-hetero) is 1. The van der Waals surface area contributed by atoms with E-state index in [0.29, 0.717) is 17.1 Å². The van der Waals surface area contributed by atoms with Gasteiger partial charge >= 0.3 is 5.97 Å². The lowest BCUT2D eigenvalue weighted by Gasteiger charge is -2.13. The lowest BCUT2D eigenvalue weighted by molar-refractivity contribution is -0.118. The van der Waals surface area contributed by atoms with Crippen molar-refractivity contribution in [2.24, 2.45) is 5.92 Å². The first-order valence-corrected chi connectivity index (χ1v) is 10.3. The molecule has 1 N–H and O–H groups in total. The minimum atomic E-state index is -0.978. The van der Waals surface area contributed by atoms with Crippen LogP contribution in [0.4, 0.5) is 5.69 Å². The molecule has 8 heteroatoms. The molecule has 1 atom stereocenters. The molecule has 0 aliphatic carbocycles. The van der Waals surface area contributed by atoms with Gasteiger partial charge in [0.1, 0.15) is 0 Å². The van der Waals surface area contributed by atoms with Crippen LogP contribution in [0, 0.1) is 19.8 Å². The molecule has 1 amide bonds. The summed E-state index contributed by atoms with van der Waals surface area (Å²) < 4.78 is 7.02. The van der Waals surface area contributed by atoms with Gasteiger partial charge in [-0.05, 0) is 63.2 Å². The van der Waals surface area contributed by atoms with Gasteiger partial charge in [-0.3, -0.25) is 9.59 Å². The molecule has 0 saturated carbocycles. The highest BCUT2D eigenvalue weighted by atomic mass is 16.5. The Hall–Kier alpha value is -3.81. The molecule has 166 valence electrons. The van der Waals surface area contributed by atoms with Crippen molar-refractivity contribution in [1.82, 2.24) is 14.8 Å². The van der Waals surface area contributed by atoms with Crippen LogP contribution in [0.25, 0.3) is 5.82 Å². The summed E-state index contributed by atoms with van der Waals surface area (Å²) >= 11 is 0. The van der Waals surface area contributed by atoms with Crippen LogP contribution >= 0.6 is 0 Å². The van der Waals surface area contributed by atoms with E-state index in [1.807, 2.05) is 19.9 Å². The minimum Gasteiger partial charge on any atom is -0.451 e. The average molecular weight is 434 g/mol. The molecule has 32 heavy (non-hydrogen) atoms. The average Bonchev–Trinajstić information content (AvgIpc) is 3.11. The van der Waals surface area contributed by atoms with Gasteiger partial charge < -0.3 is 10.1 Å². The number of carbonyl (C=O) groups excluding carboxylic acids is 3. The number of pyridine rings is 1. The predicted octanol–water partition coefficient (Wildman–Crippen LogP) is 3.91. The highest BCUT2D eigenvalue weighted by Gasteiger charge is 2.21. The number of rotatable bonds is 7. The molecule has 0 aliphatic rings. The molecule has 0 spiro atoms. The van der Waals surface area contributed by atoms with Crippen LogP contribution in [0.5, 0.6) is 0 Å². The first-order valence-electron chi connectivity index (χ1n) is 10.3. The Balaban J connectivity index is 1.63. The van der Waals surface area contributed by atoms with Crippen LogP contribution in [-0.2, 0) is 9.53 Å². The maximum atomic E-state index is 12.6. The summed E-state index contributed by atoms with van der Waals surface area (Å²) in [5.74, 6) is -0.650. The zero-order valence-corrected chi connectivity index (χ0v) is 18.7. The van der Waals surface area contributed by atoms with Gasteiger partial charge in [0.15, 0.2) is 11.9 Å². The van der Waals surface area contributed by atoms with Crippen molar-refractivity contribution < 1.29 is 19.1 Å². The summed E-state index contributed by atoms with van der Waals surface area (Å²) in [4.78, 5) is 41.2. The molecular formula is C24H26N4O4. The molecule has 2 heterocycles. The topological polar surface area (TPSA) is 103 Å². The Morgan fingerprint density at radius 1 is 0.969 bits per heavy atom. The van der Waals surface area contributed by atoms with Gasteiger partial charge in [0.25, 0.3) is 0 Å². The third-order valence-corrected chi connectivity index (χ3v) is 4.82. The van der Waals surface area contributed by atoms with Crippen LogP contribution in [0.3, 0.4) is 0 Å². The standard InChI is InChI=1S/C24H26N4O4/c1-14(2)23(30)26-20-9-6-18(7-10-20)22(29)17(5)32-24(31)19-8-11-21(25-13-19)28-16(4)12-15(3)27-28/h6-14,17H,1-5H3,(H,26,30). The van der Waals surface area contributed by atoms with Gasteiger partial charge in [0, 0.05) is 29.1 Å². The van der Waals surface area contributed by atoms with Crippen molar-refractivity contribution in [3.63, 3.8) is 0 Å². The number of hydrogen-bond donors (Lipinski definition) is 1. The Kier molecular flexibility index (Phi) is 6.82. The Bertz CT molecular complexity index is 1130. The zero-order valence-electron chi connectivity index (χ0n) is 18.7. The monoisotopic (exact) mass is 434 g/mol. The van der Waals surface area contributed by atoms with E-state index in [0.717, 1.165) is 11.4 Å². The van der Waals surface area contributed by atoms with Gasteiger partial charge in [-0.25, -0.2) is 14.5 Å². The fourth-order valence-electron chi connectivity index (χ4n) is 3.01. The van der Waals surface area contributed by atoms with E-state index < -0.39 is 12.1 Å². The predicted molar refractivity (Wildman–Crippen MR) is 120 cm³/mol. The van der Waals surface area contributed by atoms with E-state index in [1.165, 1.54) is 13.1 Å². The van der Waals surface area contributed by atoms with Crippen molar-refractivity contribution >= 4 is 23.3 Å². The molecule has 1 aromatic carbocycles. The number of aryl methyl sites for hydroxylation is 2. The molecule has 2 aromatic heterocycles. The van der Waals surface area contributed by atoms with Crippen molar-refractivity contribution in [3.05, 3.63) is 71.2 Å². The van der Waals surface area contributed by atoms with Gasteiger partial charge in [0.05, 0.1) is 11.3 Å². The van der Waals surface area contributed by atoms with Crippen LogP contribution in [0.15, 0.2) is 48.7 Å². The normalized spacial score (nSPS) is 11.8. The Morgan fingerprint density at radius 3 is 2.16 bits per heavy atom. The Labute approximate surface area is 186 Å². The zero-order chi connectivity index (χ0) is 23.4. The molecule has 1 unspecified atom stereocenters. The molecule has 3 aromatic rings. The molecule has 0 saturated heterocycles. The Morgan fingerprint density at radius 2 is 1.62 bits per heavy atom. The molecule has 0 radical (unpaired) electrons. The number of nitrogens with zero attached hydrogens (tertiary/aromatic N) is 3. The van der Waals surface area contributed by atoms with Crippen LogP contribution in [-0.4, -0.2) is 38.5 Å². The number of anilines is 1. The number of carbonyl (C=O) groups is 3. The highest BCUT2D eigenvalue weighted by Crippen LogP contribution is 2.15. The highest BCUT2D eigenvalue weighted by molar-refractivity contribution is 6.02. The van der Waals surface area contributed by atoms with Crippen molar-refractivity contribution in [1.29, 1.82) is 0 Å². The number of hydrogen-bond acceptors (Lipinski definition) is 6. The molecular weight excluding hydrogens is 408 g/mol. The minimum absolute atomic E-state index is 0.108. The molecule has 0 fully saturated rings. The van der Waals surface area contributed by atoms with Gasteiger partial charge in [-0.2, -0.15) is 5.10 Å². The smallest absolute Gasteiger partial charge is 0.340 e. The molecule has 0 aliphatic heterocycles. The van der Waals surface area contributed by atoms with E-state index in [4.69, 9.17) is 4.74 Å². The number of nitrogens with one attached hydrogen (secondary N) is 1. The van der Waals surface area contributed by atoms with Crippen molar-refractivity contribution in [2.45, 2.75) is 40.7 Å². The molecule has 0 bridgehead atoms. The first kappa shape index (κ1) is 22.9. The van der Waals surface area contributed by atoms with Crippen molar-refractivity contribution in [2.75, 3.05) is 5.32 Å². The number of ether oxygens (including phenoxy) is 1. The lowest BCUT2D eigenvalue weighted by Crippen LogP contribution is -2.24. The van der Waals surface area contributed by atoms with Crippen LogP contribution < -0.4 is 5.32 Å². The SMILES string of the molecule is Cc1cc(C)n(-c2ccc(C(=O)OC(C)C(=O)c3ccc(NC(=O)C(C)C)cc3)cn2)n1. The summed E-state index contributed by atoms with van der Waals surface area (Å²) in [6.45, 7) is 8.93. The van der Waals surface area contributed by atoms with Gasteiger partial charge in [-0.1, -0.05) is 13.8 Å². The lowest BCUT2D eigenvalue weighted by atomic mass is 10.1.